The zero-order valence-corrected chi connectivity index (χ0v) is 14.7. The number of aromatic nitrogens is 6. The summed E-state index contributed by atoms with van der Waals surface area (Å²) < 4.78 is 8.18. The van der Waals surface area contributed by atoms with Crippen molar-refractivity contribution >= 4 is 22.9 Å². The molecule has 1 aliphatic heterocycles. The molecule has 0 aromatic carbocycles. The van der Waals surface area contributed by atoms with Crippen LogP contribution in [-0.2, 0) is 4.74 Å². The second-order valence-electron chi connectivity index (χ2n) is 6.21. The van der Waals surface area contributed by atoms with Gasteiger partial charge in [0.2, 0.25) is 0 Å². The number of nitrogen functional groups attached to an aromatic ring is 1. The number of hydrogen-bond donors (Lipinski definition) is 5. The summed E-state index contributed by atoms with van der Waals surface area (Å²) in [6.45, 7) is -0.459. The average Bonchev–Trinajstić information content (AvgIpc) is 3.40. The molecule has 0 aliphatic carbocycles. The molecule has 3 aromatic rings. The van der Waals surface area contributed by atoms with E-state index in [1.165, 1.54) is 35.0 Å². The minimum absolute atomic E-state index is 0.0579. The fraction of sp³-hybridized carbons (Fsp3) is 0.400. The van der Waals surface area contributed by atoms with Crippen molar-refractivity contribution in [2.24, 2.45) is 0 Å². The Morgan fingerprint density at radius 3 is 2.82 bits per heavy atom. The highest BCUT2D eigenvalue weighted by atomic mass is 16.6. The van der Waals surface area contributed by atoms with Crippen LogP contribution in [0.25, 0.3) is 17.1 Å². The van der Waals surface area contributed by atoms with E-state index in [9.17, 15) is 20.1 Å². The van der Waals surface area contributed by atoms with Crippen molar-refractivity contribution in [1.82, 2.24) is 34.6 Å². The van der Waals surface area contributed by atoms with Crippen LogP contribution in [0.5, 0.6) is 0 Å². The van der Waals surface area contributed by atoms with Gasteiger partial charge in [0.25, 0.3) is 11.9 Å². The first-order valence-corrected chi connectivity index (χ1v) is 8.34. The highest BCUT2D eigenvalue weighted by Crippen LogP contribution is 2.32. The number of aliphatic hydroxyl groups is 3. The highest BCUT2D eigenvalue weighted by molar-refractivity contribution is 5.93. The van der Waals surface area contributed by atoms with Gasteiger partial charge in [0, 0.05) is 13.2 Å². The van der Waals surface area contributed by atoms with E-state index in [0.29, 0.717) is 5.56 Å². The minimum atomic E-state index is -1.31. The maximum atomic E-state index is 11.7. The molecule has 148 valence electrons. The van der Waals surface area contributed by atoms with E-state index in [0.717, 1.165) is 0 Å². The van der Waals surface area contributed by atoms with Crippen LogP contribution in [0.2, 0.25) is 0 Å². The molecule has 0 radical (unpaired) electrons. The number of ether oxygens (including phenoxy) is 1. The number of nitrogens with two attached hydrogens (primary N) is 1. The Balaban J connectivity index is 1.77. The molecule has 1 saturated heterocycles. The molecule has 0 saturated carbocycles. The highest BCUT2D eigenvalue weighted by Gasteiger charge is 2.44. The lowest BCUT2D eigenvalue weighted by Gasteiger charge is -2.16. The third kappa shape index (κ3) is 2.77. The largest absolute Gasteiger partial charge is 0.394 e. The van der Waals surface area contributed by atoms with E-state index >= 15 is 0 Å². The molecule has 3 aromatic heterocycles. The quantitative estimate of drug-likeness (QED) is 0.320. The fourth-order valence-corrected chi connectivity index (χ4v) is 3.02. The summed E-state index contributed by atoms with van der Waals surface area (Å²) in [6.07, 6.45) is -0.418. The van der Waals surface area contributed by atoms with E-state index in [-0.39, 0.29) is 28.8 Å². The molecule has 0 bridgehead atoms. The van der Waals surface area contributed by atoms with Gasteiger partial charge in [-0.25, -0.2) is 9.67 Å². The minimum Gasteiger partial charge on any atom is -0.394 e. The Kier molecular flexibility index (Phi) is 4.43. The number of rotatable bonds is 4. The molecule has 13 nitrogen and oxygen atoms in total. The van der Waals surface area contributed by atoms with E-state index in [1.807, 2.05) is 0 Å². The number of anilines is 1. The smallest absolute Gasteiger partial charge is 0.254 e. The predicted molar refractivity (Wildman–Crippen MR) is 93.3 cm³/mol. The lowest BCUT2D eigenvalue weighted by molar-refractivity contribution is -0.0511. The van der Waals surface area contributed by atoms with Gasteiger partial charge in [0.15, 0.2) is 17.7 Å². The second-order valence-corrected chi connectivity index (χ2v) is 6.21. The molecular formula is C15H18N8O5. The zero-order chi connectivity index (χ0) is 20.0. The van der Waals surface area contributed by atoms with Gasteiger partial charge in [-0.05, 0) is 0 Å². The first kappa shape index (κ1) is 18.2. The molecule has 4 heterocycles. The van der Waals surface area contributed by atoms with Crippen LogP contribution in [-0.4, -0.2) is 82.5 Å². The number of carbonyl (C=O) groups excluding carboxylic acids is 1. The van der Waals surface area contributed by atoms with Crippen LogP contribution < -0.4 is 11.1 Å². The van der Waals surface area contributed by atoms with Gasteiger partial charge in [0.05, 0.1) is 24.7 Å². The average molecular weight is 390 g/mol. The number of fused-ring (bicyclic) bond motifs is 1. The lowest BCUT2D eigenvalue weighted by atomic mass is 10.1. The third-order valence-electron chi connectivity index (χ3n) is 4.50. The van der Waals surface area contributed by atoms with Crippen molar-refractivity contribution in [2.45, 2.75) is 24.5 Å². The van der Waals surface area contributed by atoms with Crippen molar-refractivity contribution in [3.05, 3.63) is 24.3 Å². The van der Waals surface area contributed by atoms with Crippen molar-refractivity contribution in [2.75, 3.05) is 19.4 Å². The number of amides is 1. The summed E-state index contributed by atoms with van der Waals surface area (Å²) in [6, 6.07) is 0. The number of hydrogen-bond acceptors (Lipinski definition) is 10. The molecule has 6 N–H and O–H groups in total. The molecule has 4 atom stereocenters. The molecule has 13 heteroatoms. The predicted octanol–water partition coefficient (Wildman–Crippen LogP) is -2.43. The van der Waals surface area contributed by atoms with Crippen molar-refractivity contribution in [3.63, 3.8) is 0 Å². The standard InChI is InChI=1S/C15H18N8O5/c1-17-13(27)6-2-19-23(3-6)15-20-11(16)8-12(21-15)22(5-18-8)14-10(26)9(25)7(4-24)28-14/h2-3,5,7,9-10,14,24-26H,4H2,1H3,(H,17,27)(H2,16,20,21)/t7-,9+,10-,14-/m1/s1. The van der Waals surface area contributed by atoms with Crippen LogP contribution in [0.15, 0.2) is 18.7 Å². The van der Waals surface area contributed by atoms with E-state index < -0.39 is 31.1 Å². The molecule has 4 rings (SSSR count). The number of nitrogens with zero attached hydrogens (tertiary/aromatic N) is 6. The summed E-state index contributed by atoms with van der Waals surface area (Å²) in [5.74, 6) is -0.187. The summed E-state index contributed by atoms with van der Waals surface area (Å²) in [5, 5.41) is 36.1. The summed E-state index contributed by atoms with van der Waals surface area (Å²) in [5.41, 5.74) is 6.78. The lowest BCUT2D eigenvalue weighted by Crippen LogP contribution is -2.33. The van der Waals surface area contributed by atoms with E-state index in [4.69, 9.17) is 10.5 Å². The number of carbonyl (C=O) groups is 1. The molecule has 0 unspecified atom stereocenters. The van der Waals surface area contributed by atoms with Crippen LogP contribution >= 0.6 is 0 Å². The van der Waals surface area contributed by atoms with E-state index in [2.05, 4.69) is 25.4 Å². The Labute approximate surface area is 157 Å². The number of nitrogens with one attached hydrogen (secondary N) is 1. The Morgan fingerprint density at radius 1 is 1.36 bits per heavy atom. The van der Waals surface area contributed by atoms with Crippen molar-refractivity contribution in [3.8, 4) is 5.95 Å². The Hall–Kier alpha value is -3.13. The normalized spacial score (nSPS) is 24.7. The monoisotopic (exact) mass is 390 g/mol. The first-order chi connectivity index (χ1) is 13.4. The maximum Gasteiger partial charge on any atom is 0.254 e. The van der Waals surface area contributed by atoms with Crippen LogP contribution in [0, 0.1) is 0 Å². The van der Waals surface area contributed by atoms with Crippen molar-refractivity contribution < 1.29 is 24.9 Å². The summed E-state index contributed by atoms with van der Waals surface area (Å²) in [7, 11) is 1.50. The van der Waals surface area contributed by atoms with Gasteiger partial charge in [0.1, 0.15) is 23.8 Å². The van der Waals surface area contributed by atoms with Crippen LogP contribution in [0.4, 0.5) is 5.82 Å². The molecule has 0 spiro atoms. The molecule has 1 aliphatic rings. The van der Waals surface area contributed by atoms with Gasteiger partial charge in [-0.2, -0.15) is 15.1 Å². The van der Waals surface area contributed by atoms with Crippen LogP contribution in [0.1, 0.15) is 16.6 Å². The van der Waals surface area contributed by atoms with Crippen LogP contribution in [0.3, 0.4) is 0 Å². The second kappa shape index (κ2) is 6.79. The van der Waals surface area contributed by atoms with Gasteiger partial charge in [-0.3, -0.25) is 9.36 Å². The molecule has 1 fully saturated rings. The number of imidazole rings is 1. The maximum absolute atomic E-state index is 11.7. The third-order valence-corrected chi connectivity index (χ3v) is 4.50. The van der Waals surface area contributed by atoms with Gasteiger partial charge >= 0.3 is 0 Å². The molecular weight excluding hydrogens is 372 g/mol. The summed E-state index contributed by atoms with van der Waals surface area (Å²) >= 11 is 0. The fourth-order valence-electron chi connectivity index (χ4n) is 3.02. The molecule has 1 amide bonds. The van der Waals surface area contributed by atoms with Gasteiger partial charge in [-0.15, -0.1) is 0 Å². The van der Waals surface area contributed by atoms with E-state index in [1.54, 1.807) is 0 Å². The SMILES string of the molecule is CNC(=O)c1cnn(-c2nc(N)c3ncn([C@@H]4O[C@H](CO)[C@H](O)[C@H]4O)c3n2)c1. The Bertz CT molecular complexity index is 1030. The van der Waals surface area contributed by atoms with Crippen molar-refractivity contribution in [1.29, 1.82) is 0 Å². The zero-order valence-electron chi connectivity index (χ0n) is 14.7. The topological polar surface area (TPSA) is 186 Å². The number of aliphatic hydroxyl groups excluding tert-OH is 3. The van der Waals surface area contributed by atoms with Gasteiger partial charge < -0.3 is 31.1 Å². The summed E-state index contributed by atoms with van der Waals surface area (Å²) in [4.78, 5) is 24.4. The van der Waals surface area contributed by atoms with Gasteiger partial charge in [-0.1, -0.05) is 0 Å². The molecule has 28 heavy (non-hydrogen) atoms. The first-order valence-electron chi connectivity index (χ1n) is 8.34. The Morgan fingerprint density at radius 2 is 2.14 bits per heavy atom.